The van der Waals surface area contributed by atoms with E-state index in [1.165, 1.54) is 27.5 Å². The molecule has 7 nitrogen and oxygen atoms in total. The molecule has 0 aromatic heterocycles. The van der Waals surface area contributed by atoms with Gasteiger partial charge in [-0.15, -0.1) is 0 Å². The van der Waals surface area contributed by atoms with Crippen LogP contribution in [0.2, 0.25) is 5.02 Å². The van der Waals surface area contributed by atoms with E-state index in [1.54, 1.807) is 30.3 Å². The number of benzene rings is 2. The number of nitrogens with one attached hydrogen (secondary N) is 1. The average molecular weight is 393 g/mol. The molecule has 0 heterocycles. The van der Waals surface area contributed by atoms with Crippen LogP contribution < -0.4 is 24.4 Å². The molecule has 0 radical (unpaired) electrons. The number of rotatable bonds is 8. The summed E-state index contributed by atoms with van der Waals surface area (Å²) in [6.07, 6.45) is 1.46. The number of methoxy groups -OCH3 is 3. The van der Waals surface area contributed by atoms with Crippen LogP contribution in [0.1, 0.15) is 22.8 Å². The van der Waals surface area contributed by atoms with E-state index in [0.717, 1.165) is 0 Å². The molecule has 2 aromatic rings. The summed E-state index contributed by atoms with van der Waals surface area (Å²) >= 11 is 6.19. The maximum absolute atomic E-state index is 12.2. The van der Waals surface area contributed by atoms with Gasteiger partial charge in [-0.2, -0.15) is 5.10 Å². The summed E-state index contributed by atoms with van der Waals surface area (Å²) in [6, 6.07) is 8.22. The van der Waals surface area contributed by atoms with E-state index in [0.29, 0.717) is 45.8 Å². The summed E-state index contributed by atoms with van der Waals surface area (Å²) in [4.78, 5) is 12.2. The number of nitrogens with zero attached hydrogens (tertiary/aromatic N) is 1. The van der Waals surface area contributed by atoms with Gasteiger partial charge in [-0.25, -0.2) is 5.43 Å². The lowest BCUT2D eigenvalue weighted by Crippen LogP contribution is -2.17. The van der Waals surface area contributed by atoms with Crippen molar-refractivity contribution in [3.8, 4) is 23.0 Å². The molecular formula is C19H21ClN2O5. The number of hydrogen-bond donors (Lipinski definition) is 1. The van der Waals surface area contributed by atoms with Gasteiger partial charge < -0.3 is 18.9 Å². The third-order valence-corrected chi connectivity index (χ3v) is 3.84. The van der Waals surface area contributed by atoms with Crippen LogP contribution in [0.15, 0.2) is 35.4 Å². The van der Waals surface area contributed by atoms with E-state index in [4.69, 9.17) is 30.5 Å². The smallest absolute Gasteiger partial charge is 0.271 e. The largest absolute Gasteiger partial charge is 0.493 e. The monoisotopic (exact) mass is 392 g/mol. The van der Waals surface area contributed by atoms with E-state index in [2.05, 4.69) is 10.5 Å². The van der Waals surface area contributed by atoms with Gasteiger partial charge in [-0.3, -0.25) is 4.79 Å². The molecule has 0 fully saturated rings. The minimum Gasteiger partial charge on any atom is -0.493 e. The zero-order chi connectivity index (χ0) is 19.8. The zero-order valence-electron chi connectivity index (χ0n) is 15.5. The first-order valence-corrected chi connectivity index (χ1v) is 8.47. The number of carbonyl (C=O) groups excluding carboxylic acids is 1. The van der Waals surface area contributed by atoms with Crippen LogP contribution in [-0.4, -0.2) is 40.1 Å². The maximum atomic E-state index is 12.2. The highest BCUT2D eigenvalue weighted by Gasteiger charge is 2.12. The number of hydrogen-bond acceptors (Lipinski definition) is 6. The first kappa shape index (κ1) is 20.4. The van der Waals surface area contributed by atoms with Gasteiger partial charge in [0.15, 0.2) is 23.0 Å². The molecule has 0 aliphatic heterocycles. The molecular weight excluding hydrogens is 372 g/mol. The van der Waals surface area contributed by atoms with Crippen molar-refractivity contribution in [2.75, 3.05) is 27.9 Å². The SMILES string of the molecule is CCOc1cc(/C=N\NC(=O)c2ccc(OC)c(OC)c2)cc(Cl)c1OC. The van der Waals surface area contributed by atoms with Crippen molar-refractivity contribution in [3.63, 3.8) is 0 Å². The van der Waals surface area contributed by atoms with E-state index in [-0.39, 0.29) is 0 Å². The Morgan fingerprint density at radius 2 is 1.81 bits per heavy atom. The van der Waals surface area contributed by atoms with Crippen LogP contribution in [0.4, 0.5) is 0 Å². The summed E-state index contributed by atoms with van der Waals surface area (Å²) in [5.41, 5.74) is 3.49. The number of carbonyl (C=O) groups is 1. The Hall–Kier alpha value is -2.93. The molecule has 0 aliphatic carbocycles. The van der Waals surface area contributed by atoms with Gasteiger partial charge in [0.1, 0.15) is 0 Å². The van der Waals surface area contributed by atoms with Crippen molar-refractivity contribution < 1.29 is 23.7 Å². The molecule has 1 N–H and O–H groups in total. The predicted molar refractivity (Wildman–Crippen MR) is 104 cm³/mol. The molecule has 8 heteroatoms. The van der Waals surface area contributed by atoms with Crippen molar-refractivity contribution in [2.45, 2.75) is 6.92 Å². The van der Waals surface area contributed by atoms with Crippen LogP contribution in [0.5, 0.6) is 23.0 Å². The Morgan fingerprint density at radius 3 is 2.44 bits per heavy atom. The Labute approximate surface area is 162 Å². The highest BCUT2D eigenvalue weighted by molar-refractivity contribution is 6.32. The van der Waals surface area contributed by atoms with Gasteiger partial charge in [-0.1, -0.05) is 11.6 Å². The van der Waals surface area contributed by atoms with Crippen LogP contribution in [0.3, 0.4) is 0 Å². The second-order valence-corrected chi connectivity index (χ2v) is 5.64. The summed E-state index contributed by atoms with van der Waals surface area (Å²) in [7, 11) is 4.54. The number of amides is 1. The molecule has 0 unspecified atom stereocenters. The maximum Gasteiger partial charge on any atom is 0.271 e. The molecule has 27 heavy (non-hydrogen) atoms. The highest BCUT2D eigenvalue weighted by Crippen LogP contribution is 2.35. The predicted octanol–water partition coefficient (Wildman–Crippen LogP) is 3.53. The van der Waals surface area contributed by atoms with Crippen molar-refractivity contribution in [1.82, 2.24) is 5.43 Å². The van der Waals surface area contributed by atoms with Gasteiger partial charge in [0.25, 0.3) is 5.91 Å². The third-order valence-electron chi connectivity index (χ3n) is 3.56. The number of hydrazone groups is 1. The fourth-order valence-corrected chi connectivity index (χ4v) is 2.63. The first-order valence-electron chi connectivity index (χ1n) is 8.09. The number of halogens is 1. The topological polar surface area (TPSA) is 78.4 Å². The fraction of sp³-hybridized carbons (Fsp3) is 0.263. The van der Waals surface area contributed by atoms with Gasteiger partial charge in [0.2, 0.25) is 0 Å². The Balaban J connectivity index is 2.14. The van der Waals surface area contributed by atoms with Crippen molar-refractivity contribution in [3.05, 3.63) is 46.5 Å². The lowest BCUT2D eigenvalue weighted by Gasteiger charge is -2.11. The molecule has 0 aliphatic rings. The molecule has 2 aromatic carbocycles. The van der Waals surface area contributed by atoms with E-state index >= 15 is 0 Å². The average Bonchev–Trinajstić information content (AvgIpc) is 2.67. The standard InChI is InChI=1S/C19H21ClN2O5/c1-5-27-17-9-12(8-14(20)18(17)26-4)11-21-22-19(23)13-6-7-15(24-2)16(10-13)25-3/h6-11H,5H2,1-4H3,(H,22,23)/b21-11-. The summed E-state index contributed by atoms with van der Waals surface area (Å²) < 4.78 is 21.1. The molecule has 0 spiro atoms. The summed E-state index contributed by atoms with van der Waals surface area (Å²) in [5, 5.41) is 4.35. The molecule has 0 atom stereocenters. The Kier molecular flexibility index (Phi) is 7.31. The van der Waals surface area contributed by atoms with Gasteiger partial charge in [-0.05, 0) is 42.8 Å². The van der Waals surface area contributed by atoms with Gasteiger partial charge >= 0.3 is 0 Å². The van der Waals surface area contributed by atoms with Crippen LogP contribution in [-0.2, 0) is 0 Å². The molecule has 2 rings (SSSR count). The minimum atomic E-state index is -0.392. The molecule has 1 amide bonds. The lowest BCUT2D eigenvalue weighted by molar-refractivity contribution is 0.0954. The van der Waals surface area contributed by atoms with Crippen LogP contribution in [0.25, 0.3) is 0 Å². The van der Waals surface area contributed by atoms with E-state index in [1.807, 2.05) is 6.92 Å². The molecule has 0 bridgehead atoms. The van der Waals surface area contributed by atoms with Crippen molar-refractivity contribution in [1.29, 1.82) is 0 Å². The van der Waals surface area contributed by atoms with Crippen LogP contribution in [0, 0.1) is 0 Å². The van der Waals surface area contributed by atoms with Gasteiger partial charge in [0, 0.05) is 5.56 Å². The summed E-state index contributed by atoms with van der Waals surface area (Å²) in [6.45, 7) is 2.32. The fourth-order valence-electron chi connectivity index (χ4n) is 2.33. The van der Waals surface area contributed by atoms with E-state index in [9.17, 15) is 4.79 Å². The molecule has 0 saturated heterocycles. The third kappa shape index (κ3) is 5.04. The van der Waals surface area contributed by atoms with Crippen molar-refractivity contribution >= 4 is 23.7 Å². The quantitative estimate of drug-likeness (QED) is 0.549. The van der Waals surface area contributed by atoms with Crippen LogP contribution >= 0.6 is 11.6 Å². The van der Waals surface area contributed by atoms with Gasteiger partial charge in [0.05, 0.1) is 39.2 Å². The summed E-state index contributed by atoms with van der Waals surface area (Å²) in [5.74, 6) is 1.55. The Morgan fingerprint density at radius 1 is 1.07 bits per heavy atom. The normalized spacial score (nSPS) is 10.6. The highest BCUT2D eigenvalue weighted by atomic mass is 35.5. The molecule has 144 valence electrons. The number of ether oxygens (including phenoxy) is 4. The second kappa shape index (κ2) is 9.68. The minimum absolute atomic E-state index is 0.382. The zero-order valence-corrected chi connectivity index (χ0v) is 16.3. The van der Waals surface area contributed by atoms with Crippen molar-refractivity contribution in [2.24, 2.45) is 5.10 Å². The first-order chi connectivity index (χ1) is 13.0. The second-order valence-electron chi connectivity index (χ2n) is 5.24. The lowest BCUT2D eigenvalue weighted by atomic mass is 10.2. The molecule has 0 saturated carbocycles. The van der Waals surface area contributed by atoms with E-state index < -0.39 is 5.91 Å². The Bertz CT molecular complexity index is 839.